The molecule has 1 unspecified atom stereocenters. The van der Waals surface area contributed by atoms with Gasteiger partial charge in [-0.1, -0.05) is 17.7 Å². The molecule has 0 saturated carbocycles. The summed E-state index contributed by atoms with van der Waals surface area (Å²) in [6, 6.07) is 6.70. The third-order valence-corrected chi connectivity index (χ3v) is 4.35. The van der Waals surface area contributed by atoms with E-state index in [9.17, 15) is 9.59 Å². The Hall–Kier alpha value is -3.33. The van der Waals surface area contributed by atoms with E-state index in [1.54, 1.807) is 30.3 Å². The molecule has 1 N–H and O–H groups in total. The highest BCUT2D eigenvalue weighted by atomic mass is 35.5. The van der Waals surface area contributed by atoms with E-state index < -0.39 is 17.7 Å². The van der Waals surface area contributed by atoms with Crippen LogP contribution in [0.4, 0.5) is 11.4 Å². The number of Topliss-reactive ketones (excluding diaryl/α,β-unsaturated/α-hetero) is 1. The molecule has 9 nitrogen and oxygen atoms in total. The molecular weight excluding hydrogens is 414 g/mol. The third kappa shape index (κ3) is 4.98. The zero-order chi connectivity index (χ0) is 22.3. The Morgan fingerprint density at radius 2 is 1.53 bits per heavy atom. The Labute approximate surface area is 178 Å². The van der Waals surface area contributed by atoms with Crippen molar-refractivity contribution in [1.82, 2.24) is 0 Å². The lowest BCUT2D eigenvalue weighted by Gasteiger charge is -2.16. The Morgan fingerprint density at radius 1 is 0.933 bits per heavy atom. The van der Waals surface area contributed by atoms with Crippen LogP contribution in [0.15, 0.2) is 40.6 Å². The smallest absolute Gasteiger partial charge is 0.259 e. The van der Waals surface area contributed by atoms with Crippen molar-refractivity contribution in [3.8, 4) is 23.0 Å². The summed E-state index contributed by atoms with van der Waals surface area (Å²) in [4.78, 5) is 24.9. The maximum absolute atomic E-state index is 12.8. The van der Waals surface area contributed by atoms with Crippen LogP contribution in [-0.2, 0) is 9.59 Å². The first-order valence-electron chi connectivity index (χ1n) is 8.71. The number of rotatable bonds is 9. The second kappa shape index (κ2) is 10.4. The molecule has 2 rings (SSSR count). The molecule has 0 heterocycles. The predicted molar refractivity (Wildman–Crippen MR) is 112 cm³/mol. The number of amides is 1. The summed E-state index contributed by atoms with van der Waals surface area (Å²) in [6.07, 6.45) is 0. The van der Waals surface area contributed by atoms with Crippen molar-refractivity contribution in [3.05, 3.63) is 35.4 Å². The number of nitrogens with zero attached hydrogens (tertiary/aromatic N) is 2. The maximum atomic E-state index is 12.8. The molecule has 0 spiro atoms. The fraction of sp³-hybridized carbons (Fsp3) is 0.300. The molecule has 160 valence electrons. The number of anilines is 1. The van der Waals surface area contributed by atoms with Gasteiger partial charge in [0.05, 0.1) is 33.5 Å². The van der Waals surface area contributed by atoms with E-state index in [-0.39, 0.29) is 22.1 Å². The fourth-order valence-corrected chi connectivity index (χ4v) is 2.82. The summed E-state index contributed by atoms with van der Waals surface area (Å²) in [7, 11) is 5.74. The number of ether oxygens (including phenoxy) is 4. The minimum absolute atomic E-state index is 0.175. The van der Waals surface area contributed by atoms with E-state index in [1.807, 2.05) is 0 Å². The van der Waals surface area contributed by atoms with Gasteiger partial charge in [-0.3, -0.25) is 9.59 Å². The van der Waals surface area contributed by atoms with Crippen LogP contribution in [0, 0.1) is 0 Å². The molecule has 0 aliphatic heterocycles. The number of hydrogen-bond acceptors (Lipinski definition) is 8. The normalized spacial score (nSPS) is 11.7. The largest absolute Gasteiger partial charge is 0.494 e. The van der Waals surface area contributed by atoms with Crippen LogP contribution < -0.4 is 24.3 Å². The Balaban J connectivity index is 2.40. The molecule has 0 aliphatic rings. The van der Waals surface area contributed by atoms with E-state index in [4.69, 9.17) is 30.5 Å². The van der Waals surface area contributed by atoms with Crippen LogP contribution in [0.5, 0.6) is 23.0 Å². The van der Waals surface area contributed by atoms with Crippen LogP contribution in [0.1, 0.15) is 6.92 Å². The van der Waals surface area contributed by atoms with Crippen molar-refractivity contribution in [2.45, 2.75) is 13.0 Å². The molecule has 0 aliphatic carbocycles. The van der Waals surface area contributed by atoms with Gasteiger partial charge in [-0.15, -0.1) is 5.11 Å². The zero-order valence-electron chi connectivity index (χ0n) is 17.2. The number of azo groups is 1. The Morgan fingerprint density at radius 3 is 2.03 bits per heavy atom. The second-order valence-corrected chi connectivity index (χ2v) is 6.29. The van der Waals surface area contributed by atoms with Gasteiger partial charge < -0.3 is 24.3 Å². The van der Waals surface area contributed by atoms with Gasteiger partial charge in [-0.25, -0.2) is 0 Å². The van der Waals surface area contributed by atoms with Gasteiger partial charge in [-0.05, 0) is 31.2 Å². The summed E-state index contributed by atoms with van der Waals surface area (Å²) in [6.45, 7) is 1.23. The molecule has 30 heavy (non-hydrogen) atoms. The van der Waals surface area contributed by atoms with Crippen LogP contribution in [0.3, 0.4) is 0 Å². The number of benzene rings is 2. The van der Waals surface area contributed by atoms with Crippen molar-refractivity contribution >= 4 is 34.7 Å². The lowest BCUT2D eigenvalue weighted by Crippen LogP contribution is -2.32. The standard InChI is InChI=1S/C20H22ClN3O6/c1-11(25)16(23-24-17-13(27-2)7-6-8-14(17)28-3)20(26)22-18-15(29-4)10-9-12(21)19(18)30-5/h6-10,16H,1-5H3,(H,22,26). The van der Waals surface area contributed by atoms with Crippen molar-refractivity contribution in [2.24, 2.45) is 10.2 Å². The summed E-state index contributed by atoms with van der Waals surface area (Å²) in [5.74, 6) is -0.0210. The van der Waals surface area contributed by atoms with Gasteiger partial charge in [0.2, 0.25) is 6.04 Å². The van der Waals surface area contributed by atoms with Crippen LogP contribution in [0.2, 0.25) is 5.02 Å². The van der Waals surface area contributed by atoms with Gasteiger partial charge in [0.15, 0.2) is 17.2 Å². The molecule has 0 aromatic heterocycles. The minimum atomic E-state index is -1.44. The van der Waals surface area contributed by atoms with Gasteiger partial charge >= 0.3 is 0 Å². The molecule has 0 bridgehead atoms. The third-order valence-electron chi connectivity index (χ3n) is 4.05. The van der Waals surface area contributed by atoms with Crippen LogP contribution >= 0.6 is 11.6 Å². The monoisotopic (exact) mass is 435 g/mol. The minimum Gasteiger partial charge on any atom is -0.494 e. The fourth-order valence-electron chi connectivity index (χ4n) is 2.58. The van der Waals surface area contributed by atoms with E-state index in [1.165, 1.54) is 35.4 Å². The highest BCUT2D eigenvalue weighted by Gasteiger charge is 2.26. The second-order valence-electron chi connectivity index (χ2n) is 5.89. The molecule has 2 aromatic rings. The first-order chi connectivity index (χ1) is 14.4. The molecule has 0 saturated heterocycles. The molecule has 0 radical (unpaired) electrons. The first kappa shape index (κ1) is 23.0. The van der Waals surface area contributed by atoms with E-state index >= 15 is 0 Å². The number of nitrogens with one attached hydrogen (secondary N) is 1. The van der Waals surface area contributed by atoms with Crippen molar-refractivity contribution < 1.29 is 28.5 Å². The molecule has 0 fully saturated rings. The van der Waals surface area contributed by atoms with E-state index in [2.05, 4.69) is 15.5 Å². The number of halogens is 1. The Bertz CT molecular complexity index is 942. The maximum Gasteiger partial charge on any atom is 0.259 e. The number of methoxy groups -OCH3 is 4. The topological polar surface area (TPSA) is 108 Å². The molecular formula is C20H22ClN3O6. The molecule has 1 atom stereocenters. The summed E-state index contributed by atoms with van der Waals surface area (Å²) in [5.41, 5.74) is 0.424. The number of hydrogen-bond donors (Lipinski definition) is 1. The quantitative estimate of drug-likeness (QED) is 0.470. The van der Waals surface area contributed by atoms with Crippen molar-refractivity contribution in [3.63, 3.8) is 0 Å². The van der Waals surface area contributed by atoms with Gasteiger partial charge in [0.1, 0.15) is 22.9 Å². The van der Waals surface area contributed by atoms with Crippen LogP contribution in [0.25, 0.3) is 0 Å². The van der Waals surface area contributed by atoms with Gasteiger partial charge in [-0.2, -0.15) is 5.11 Å². The summed E-state index contributed by atoms with van der Waals surface area (Å²) >= 11 is 6.12. The predicted octanol–water partition coefficient (Wildman–Crippen LogP) is 4.05. The number of carbonyl (C=O) groups excluding carboxylic acids is 2. The number of carbonyl (C=O) groups is 2. The van der Waals surface area contributed by atoms with Gasteiger partial charge in [0.25, 0.3) is 5.91 Å². The molecule has 1 amide bonds. The summed E-state index contributed by atoms with van der Waals surface area (Å²) < 4.78 is 21.0. The van der Waals surface area contributed by atoms with E-state index in [0.29, 0.717) is 17.2 Å². The molecule has 10 heteroatoms. The average molecular weight is 436 g/mol. The van der Waals surface area contributed by atoms with Crippen LogP contribution in [-0.4, -0.2) is 46.2 Å². The summed E-state index contributed by atoms with van der Waals surface area (Å²) in [5, 5.41) is 10.8. The van der Waals surface area contributed by atoms with E-state index in [0.717, 1.165) is 0 Å². The zero-order valence-corrected chi connectivity index (χ0v) is 17.9. The van der Waals surface area contributed by atoms with Crippen molar-refractivity contribution in [1.29, 1.82) is 0 Å². The SMILES string of the molecule is COc1cccc(OC)c1N=NC(C(C)=O)C(=O)Nc1c(OC)ccc(Cl)c1OC. The molecule has 2 aromatic carbocycles. The number of ketones is 1. The highest BCUT2D eigenvalue weighted by Crippen LogP contribution is 2.40. The van der Waals surface area contributed by atoms with Gasteiger partial charge in [0, 0.05) is 0 Å². The lowest BCUT2D eigenvalue weighted by atomic mass is 10.2. The Kier molecular flexibility index (Phi) is 7.99. The highest BCUT2D eigenvalue weighted by molar-refractivity contribution is 6.33. The van der Waals surface area contributed by atoms with Crippen molar-refractivity contribution in [2.75, 3.05) is 33.8 Å². The lowest BCUT2D eigenvalue weighted by molar-refractivity contribution is -0.126. The first-order valence-corrected chi connectivity index (χ1v) is 9.09. The average Bonchev–Trinajstić information content (AvgIpc) is 2.73.